The van der Waals surface area contributed by atoms with Gasteiger partial charge in [-0.05, 0) is 36.1 Å². The average Bonchev–Trinajstić information content (AvgIpc) is 3.25. The monoisotopic (exact) mass is 297 g/mol. The van der Waals surface area contributed by atoms with Crippen molar-refractivity contribution in [1.29, 1.82) is 0 Å². The van der Waals surface area contributed by atoms with E-state index in [9.17, 15) is 4.79 Å². The molecular formula is C17H19N3O2. The summed E-state index contributed by atoms with van der Waals surface area (Å²) in [5.74, 6) is 0.112. The number of ether oxygens (including phenoxy) is 1. The molecule has 1 unspecified atom stereocenters. The minimum Gasteiger partial charge on any atom is -0.372 e. The third-order valence-electron chi connectivity index (χ3n) is 4.59. The van der Waals surface area contributed by atoms with Gasteiger partial charge in [0.15, 0.2) is 0 Å². The second-order valence-corrected chi connectivity index (χ2v) is 6.08. The summed E-state index contributed by atoms with van der Waals surface area (Å²) in [6.07, 6.45) is 5.92. The van der Waals surface area contributed by atoms with Gasteiger partial charge in [0.1, 0.15) is 0 Å². The number of carbonyl (C=O) groups excluding carboxylic acids is 1. The van der Waals surface area contributed by atoms with Crippen molar-refractivity contribution in [3.8, 4) is 0 Å². The molecule has 114 valence electrons. The predicted molar refractivity (Wildman–Crippen MR) is 81.2 cm³/mol. The van der Waals surface area contributed by atoms with E-state index in [0.29, 0.717) is 13.2 Å². The first kappa shape index (κ1) is 13.5. The van der Waals surface area contributed by atoms with Gasteiger partial charge in [0.25, 0.3) is 5.91 Å². The van der Waals surface area contributed by atoms with Crippen LogP contribution in [0.3, 0.4) is 0 Å². The first-order valence-corrected chi connectivity index (χ1v) is 7.71. The van der Waals surface area contributed by atoms with Crippen LogP contribution in [0.15, 0.2) is 30.6 Å². The van der Waals surface area contributed by atoms with Crippen molar-refractivity contribution in [2.45, 2.75) is 32.1 Å². The lowest BCUT2D eigenvalue weighted by Crippen LogP contribution is -2.30. The molecule has 2 aliphatic rings. The van der Waals surface area contributed by atoms with Crippen molar-refractivity contribution in [3.05, 3.63) is 52.8 Å². The van der Waals surface area contributed by atoms with E-state index < -0.39 is 0 Å². The number of nitrogens with zero attached hydrogens (tertiary/aromatic N) is 3. The summed E-state index contributed by atoms with van der Waals surface area (Å²) < 4.78 is 7.23. The zero-order valence-corrected chi connectivity index (χ0v) is 12.7. The number of hydrogen-bond acceptors (Lipinski definition) is 3. The molecule has 4 rings (SSSR count). The summed E-state index contributed by atoms with van der Waals surface area (Å²) in [5, 5.41) is 4.24. The Labute approximate surface area is 129 Å². The molecule has 0 spiro atoms. The number of hydrogen-bond donors (Lipinski definition) is 0. The molecule has 0 radical (unpaired) electrons. The Kier molecular flexibility index (Phi) is 3.22. The first-order chi connectivity index (χ1) is 10.7. The number of fused-ring (bicyclic) bond motifs is 1. The lowest BCUT2D eigenvalue weighted by molar-refractivity contribution is 0.0735. The van der Waals surface area contributed by atoms with Crippen molar-refractivity contribution < 1.29 is 9.53 Å². The van der Waals surface area contributed by atoms with Gasteiger partial charge in [-0.1, -0.05) is 6.07 Å². The lowest BCUT2D eigenvalue weighted by atomic mass is 10.0. The Morgan fingerprint density at radius 1 is 1.32 bits per heavy atom. The third-order valence-corrected chi connectivity index (χ3v) is 4.59. The first-order valence-electron chi connectivity index (χ1n) is 7.71. The minimum absolute atomic E-state index is 0.112. The van der Waals surface area contributed by atoms with Crippen LogP contribution in [-0.2, 0) is 25.0 Å². The van der Waals surface area contributed by atoms with Crippen molar-refractivity contribution in [2.24, 2.45) is 7.05 Å². The number of benzene rings is 1. The minimum atomic E-state index is 0.112. The van der Waals surface area contributed by atoms with Crippen molar-refractivity contribution in [3.63, 3.8) is 0 Å². The van der Waals surface area contributed by atoms with E-state index in [1.807, 2.05) is 42.5 Å². The molecule has 1 aromatic heterocycles. The Morgan fingerprint density at radius 3 is 3.00 bits per heavy atom. The van der Waals surface area contributed by atoms with Crippen LogP contribution in [-0.4, -0.2) is 27.1 Å². The van der Waals surface area contributed by atoms with Gasteiger partial charge in [-0.3, -0.25) is 9.48 Å². The predicted octanol–water partition coefficient (Wildman–Crippen LogP) is 2.43. The van der Waals surface area contributed by atoms with E-state index in [1.54, 1.807) is 4.68 Å². The van der Waals surface area contributed by atoms with E-state index in [2.05, 4.69) is 5.10 Å². The van der Waals surface area contributed by atoms with E-state index in [0.717, 1.165) is 36.1 Å². The molecule has 5 heteroatoms. The molecule has 3 heterocycles. The molecule has 5 nitrogen and oxygen atoms in total. The van der Waals surface area contributed by atoms with Gasteiger partial charge in [-0.25, -0.2) is 0 Å². The molecule has 2 aromatic rings. The number of carbonyl (C=O) groups is 1. The van der Waals surface area contributed by atoms with Gasteiger partial charge >= 0.3 is 0 Å². The van der Waals surface area contributed by atoms with E-state index >= 15 is 0 Å². The Bertz CT molecular complexity index is 722. The van der Waals surface area contributed by atoms with Gasteiger partial charge < -0.3 is 9.64 Å². The highest BCUT2D eigenvalue weighted by Crippen LogP contribution is 2.33. The fourth-order valence-corrected chi connectivity index (χ4v) is 3.44. The number of amides is 1. The van der Waals surface area contributed by atoms with Gasteiger partial charge in [-0.15, -0.1) is 0 Å². The Morgan fingerprint density at radius 2 is 2.18 bits per heavy atom. The van der Waals surface area contributed by atoms with Crippen LogP contribution in [0.25, 0.3) is 0 Å². The summed E-state index contributed by atoms with van der Waals surface area (Å²) in [7, 11) is 1.91. The summed E-state index contributed by atoms with van der Waals surface area (Å²) in [4.78, 5) is 14.9. The molecule has 1 atom stereocenters. The topological polar surface area (TPSA) is 47.4 Å². The van der Waals surface area contributed by atoms with Gasteiger partial charge in [0.05, 0.1) is 25.5 Å². The zero-order valence-electron chi connectivity index (χ0n) is 12.7. The molecule has 2 aliphatic heterocycles. The maximum atomic E-state index is 12.9. The molecular weight excluding hydrogens is 278 g/mol. The van der Waals surface area contributed by atoms with Crippen molar-refractivity contribution in [1.82, 2.24) is 14.7 Å². The quantitative estimate of drug-likeness (QED) is 0.855. The van der Waals surface area contributed by atoms with Crippen LogP contribution in [0.1, 0.15) is 45.9 Å². The fourth-order valence-electron chi connectivity index (χ4n) is 3.44. The highest BCUT2D eigenvalue weighted by molar-refractivity contribution is 5.95. The van der Waals surface area contributed by atoms with Gasteiger partial charge in [0.2, 0.25) is 0 Å². The van der Waals surface area contributed by atoms with Crippen LogP contribution < -0.4 is 0 Å². The molecule has 1 fully saturated rings. The Hall–Kier alpha value is -2.14. The second kappa shape index (κ2) is 5.25. The number of aryl methyl sites for hydroxylation is 1. The third kappa shape index (κ3) is 2.22. The molecule has 22 heavy (non-hydrogen) atoms. The molecule has 0 N–H and O–H groups in total. The molecule has 0 bridgehead atoms. The van der Waals surface area contributed by atoms with Gasteiger partial charge in [0, 0.05) is 30.9 Å². The van der Waals surface area contributed by atoms with E-state index in [-0.39, 0.29) is 11.9 Å². The maximum Gasteiger partial charge on any atom is 0.254 e. The second-order valence-electron chi connectivity index (χ2n) is 6.08. The molecule has 1 aromatic carbocycles. The van der Waals surface area contributed by atoms with Crippen LogP contribution in [0.4, 0.5) is 0 Å². The van der Waals surface area contributed by atoms with Crippen LogP contribution >= 0.6 is 0 Å². The Balaban J connectivity index is 1.61. The number of rotatable bonds is 2. The SMILES string of the molecule is Cn1cc(C2CCCN2C(=O)c2ccc3c(c2)COC3)cn1. The number of likely N-dealkylation sites (tertiary alicyclic amines) is 1. The standard InChI is InChI=1S/C17H19N3O2/c1-19-9-15(8-18-19)16-3-2-6-20(16)17(21)12-4-5-13-10-22-11-14(13)7-12/h4-5,7-9,16H,2-3,6,10-11H2,1H3. The van der Waals surface area contributed by atoms with Gasteiger partial charge in [-0.2, -0.15) is 5.10 Å². The summed E-state index contributed by atoms with van der Waals surface area (Å²) >= 11 is 0. The van der Waals surface area contributed by atoms with E-state index in [4.69, 9.17) is 4.74 Å². The molecule has 0 saturated carbocycles. The van der Waals surface area contributed by atoms with Crippen LogP contribution in [0, 0.1) is 0 Å². The lowest BCUT2D eigenvalue weighted by Gasteiger charge is -2.24. The largest absolute Gasteiger partial charge is 0.372 e. The molecule has 0 aliphatic carbocycles. The maximum absolute atomic E-state index is 12.9. The van der Waals surface area contributed by atoms with Crippen molar-refractivity contribution in [2.75, 3.05) is 6.54 Å². The van der Waals surface area contributed by atoms with Crippen molar-refractivity contribution >= 4 is 5.91 Å². The summed E-state index contributed by atoms with van der Waals surface area (Å²) in [6.45, 7) is 2.08. The average molecular weight is 297 g/mol. The molecule has 1 saturated heterocycles. The van der Waals surface area contributed by atoms with Crippen LogP contribution in [0.2, 0.25) is 0 Å². The molecule has 1 amide bonds. The summed E-state index contributed by atoms with van der Waals surface area (Å²) in [5.41, 5.74) is 4.22. The fraction of sp³-hybridized carbons (Fsp3) is 0.412. The zero-order chi connectivity index (χ0) is 15.1. The summed E-state index contributed by atoms with van der Waals surface area (Å²) in [6, 6.07) is 6.08. The highest BCUT2D eigenvalue weighted by atomic mass is 16.5. The normalized spacial score (nSPS) is 20.4. The van der Waals surface area contributed by atoms with Crippen LogP contribution in [0.5, 0.6) is 0 Å². The van der Waals surface area contributed by atoms with E-state index in [1.165, 1.54) is 5.56 Å². The highest BCUT2D eigenvalue weighted by Gasteiger charge is 2.31. The smallest absolute Gasteiger partial charge is 0.254 e. The number of aromatic nitrogens is 2.